The second-order valence-corrected chi connectivity index (χ2v) is 8.87. The van der Waals surface area contributed by atoms with E-state index in [1.54, 1.807) is 11.6 Å². The van der Waals surface area contributed by atoms with Crippen LogP contribution in [0.4, 0.5) is 30.7 Å². The molecule has 196 valence electrons. The lowest BCUT2D eigenvalue weighted by molar-refractivity contribution is -0.139. The third kappa shape index (κ3) is 8.59. The van der Waals surface area contributed by atoms with Crippen LogP contribution in [0.15, 0.2) is 41.3 Å². The summed E-state index contributed by atoms with van der Waals surface area (Å²) in [5.74, 6) is -5.02. The van der Waals surface area contributed by atoms with Gasteiger partial charge in [-0.2, -0.15) is 26.3 Å². The molecule has 0 saturated heterocycles. The van der Waals surface area contributed by atoms with Crippen molar-refractivity contribution in [2.45, 2.75) is 23.2 Å². The highest BCUT2D eigenvalue weighted by Gasteiger charge is 2.39. The molecule has 2 N–H and O–H groups in total. The molecule has 0 aromatic heterocycles. The Bertz CT molecular complexity index is 1130. The molecular formula is C22H17Cl2F7N2O2S. The van der Waals surface area contributed by atoms with Crippen molar-refractivity contribution in [2.24, 2.45) is 0 Å². The molecule has 1 atom stereocenters. The number of allylic oxidation sites excluding steroid dienone is 1. The van der Waals surface area contributed by atoms with Crippen molar-refractivity contribution < 1.29 is 40.3 Å². The molecular weight excluding hydrogens is 560 g/mol. The lowest BCUT2D eigenvalue weighted by atomic mass is 9.96. The highest BCUT2D eigenvalue weighted by molar-refractivity contribution is 7.98. The van der Waals surface area contributed by atoms with Crippen LogP contribution in [0.2, 0.25) is 10.0 Å². The summed E-state index contributed by atoms with van der Waals surface area (Å²) >= 11 is 12.4. The number of amides is 2. The number of nitrogens with one attached hydrogen (secondary N) is 2. The van der Waals surface area contributed by atoms with Crippen molar-refractivity contribution in [1.82, 2.24) is 10.6 Å². The third-order valence-corrected chi connectivity index (χ3v) is 5.89. The summed E-state index contributed by atoms with van der Waals surface area (Å²) in [7, 11) is 0. The molecule has 2 aromatic carbocycles. The van der Waals surface area contributed by atoms with E-state index < -0.39 is 59.0 Å². The molecule has 0 radical (unpaired) electrons. The van der Waals surface area contributed by atoms with Gasteiger partial charge in [-0.05, 0) is 41.6 Å². The Morgan fingerprint density at radius 3 is 2.17 bits per heavy atom. The van der Waals surface area contributed by atoms with E-state index in [4.69, 9.17) is 23.2 Å². The van der Waals surface area contributed by atoms with Crippen molar-refractivity contribution in [3.8, 4) is 0 Å². The highest BCUT2D eigenvalue weighted by atomic mass is 35.5. The van der Waals surface area contributed by atoms with Crippen LogP contribution in [0.25, 0.3) is 6.08 Å². The standard InChI is InChI=1S/C22H17Cl2F7N2O2S/c1-36-17-6-11(2-4-13(17)20(35)32-9-18(34)33-10-21(26,27)28)3-5-14(22(29,30)31)12-7-15(23)19(25)16(24)8-12/h2-8,14H,9-10H2,1H3,(H,32,35)(H,33,34). The van der Waals surface area contributed by atoms with Gasteiger partial charge >= 0.3 is 12.4 Å². The minimum Gasteiger partial charge on any atom is -0.345 e. The van der Waals surface area contributed by atoms with Gasteiger partial charge in [-0.3, -0.25) is 9.59 Å². The number of hydrogen-bond donors (Lipinski definition) is 2. The fourth-order valence-corrected chi connectivity index (χ4v) is 4.03. The van der Waals surface area contributed by atoms with E-state index in [1.165, 1.54) is 18.2 Å². The highest BCUT2D eigenvalue weighted by Crippen LogP contribution is 2.39. The zero-order valence-corrected chi connectivity index (χ0v) is 20.5. The van der Waals surface area contributed by atoms with Crippen LogP contribution in [-0.2, 0) is 4.79 Å². The number of thioether (sulfide) groups is 1. The van der Waals surface area contributed by atoms with Gasteiger partial charge in [-0.25, -0.2) is 4.39 Å². The molecule has 0 saturated carbocycles. The average Bonchev–Trinajstić information content (AvgIpc) is 2.78. The van der Waals surface area contributed by atoms with Gasteiger partial charge < -0.3 is 10.6 Å². The topological polar surface area (TPSA) is 58.2 Å². The summed E-state index contributed by atoms with van der Waals surface area (Å²) < 4.78 is 91.1. The van der Waals surface area contributed by atoms with Crippen molar-refractivity contribution in [1.29, 1.82) is 0 Å². The van der Waals surface area contributed by atoms with Gasteiger partial charge in [0.2, 0.25) is 5.91 Å². The van der Waals surface area contributed by atoms with Gasteiger partial charge in [-0.1, -0.05) is 41.4 Å². The number of benzene rings is 2. The number of alkyl halides is 6. The Kier molecular flexibility index (Phi) is 10.1. The maximum absolute atomic E-state index is 13.7. The maximum Gasteiger partial charge on any atom is 0.405 e. The van der Waals surface area contributed by atoms with Crippen LogP contribution in [0, 0.1) is 5.82 Å². The lowest BCUT2D eigenvalue weighted by Gasteiger charge is -2.18. The van der Waals surface area contributed by atoms with E-state index in [-0.39, 0.29) is 16.7 Å². The van der Waals surface area contributed by atoms with Gasteiger partial charge in [0, 0.05) is 4.90 Å². The fraction of sp³-hybridized carbons (Fsp3) is 0.273. The smallest absolute Gasteiger partial charge is 0.345 e. The van der Waals surface area contributed by atoms with Gasteiger partial charge in [0.1, 0.15) is 6.54 Å². The summed E-state index contributed by atoms with van der Waals surface area (Å²) in [5.41, 5.74) is -0.0276. The zero-order valence-electron chi connectivity index (χ0n) is 18.2. The number of carbonyl (C=O) groups is 2. The summed E-state index contributed by atoms with van der Waals surface area (Å²) in [5, 5.41) is 2.66. The Morgan fingerprint density at radius 1 is 1.03 bits per heavy atom. The molecule has 0 aliphatic carbocycles. The predicted octanol–water partition coefficient (Wildman–Crippen LogP) is 6.62. The van der Waals surface area contributed by atoms with E-state index in [9.17, 15) is 40.3 Å². The van der Waals surface area contributed by atoms with Crippen LogP contribution >= 0.6 is 35.0 Å². The molecule has 14 heteroatoms. The maximum atomic E-state index is 13.7. The van der Waals surface area contributed by atoms with E-state index >= 15 is 0 Å². The summed E-state index contributed by atoms with van der Waals surface area (Å²) in [4.78, 5) is 24.2. The van der Waals surface area contributed by atoms with E-state index in [0.29, 0.717) is 4.90 Å². The first-order valence-corrected chi connectivity index (χ1v) is 11.8. The molecule has 2 aromatic rings. The van der Waals surface area contributed by atoms with Crippen LogP contribution in [0.1, 0.15) is 27.4 Å². The molecule has 2 amide bonds. The summed E-state index contributed by atoms with van der Waals surface area (Å²) in [6.45, 7) is -2.26. The first-order chi connectivity index (χ1) is 16.6. The van der Waals surface area contributed by atoms with Crippen LogP contribution in [-0.4, -0.2) is 43.5 Å². The normalized spacial score (nSPS) is 13.1. The molecule has 0 heterocycles. The Morgan fingerprint density at radius 2 is 1.64 bits per heavy atom. The fourth-order valence-electron chi connectivity index (χ4n) is 2.89. The van der Waals surface area contributed by atoms with Gasteiger partial charge in [0.25, 0.3) is 5.91 Å². The molecule has 0 fully saturated rings. The first-order valence-electron chi connectivity index (χ1n) is 9.81. The minimum atomic E-state index is -4.75. The van der Waals surface area contributed by atoms with Crippen molar-refractivity contribution >= 4 is 52.9 Å². The SMILES string of the molecule is CSc1cc(C=CC(c2cc(Cl)c(F)c(Cl)c2)C(F)(F)F)ccc1C(=O)NCC(=O)NCC(F)(F)F. The quantitative estimate of drug-likeness (QED) is 0.211. The lowest BCUT2D eigenvalue weighted by Crippen LogP contribution is -2.41. The number of carbonyl (C=O) groups excluding carboxylic acids is 2. The van der Waals surface area contributed by atoms with Gasteiger partial charge in [0.15, 0.2) is 5.82 Å². The monoisotopic (exact) mass is 576 g/mol. The van der Waals surface area contributed by atoms with Crippen LogP contribution < -0.4 is 10.6 Å². The molecule has 36 heavy (non-hydrogen) atoms. The second kappa shape index (κ2) is 12.2. The molecule has 0 bridgehead atoms. The molecule has 0 aliphatic rings. The first kappa shape index (κ1) is 29.8. The van der Waals surface area contributed by atoms with E-state index in [1.807, 2.05) is 0 Å². The Balaban J connectivity index is 2.21. The summed E-state index contributed by atoms with van der Waals surface area (Å²) in [6, 6.07) is 5.71. The number of hydrogen-bond acceptors (Lipinski definition) is 3. The number of halogens is 9. The van der Waals surface area contributed by atoms with Gasteiger partial charge in [-0.15, -0.1) is 11.8 Å². The second-order valence-electron chi connectivity index (χ2n) is 7.21. The number of rotatable bonds is 8. The van der Waals surface area contributed by atoms with Crippen molar-refractivity contribution in [3.63, 3.8) is 0 Å². The van der Waals surface area contributed by atoms with E-state index in [2.05, 4.69) is 5.32 Å². The Labute approximate surface area is 215 Å². The Hall–Kier alpha value is -2.44. The minimum absolute atomic E-state index is 0.0627. The molecule has 2 rings (SSSR count). The van der Waals surface area contributed by atoms with Gasteiger partial charge in [0.05, 0.1) is 28.1 Å². The van der Waals surface area contributed by atoms with Crippen molar-refractivity contribution in [3.05, 3.63) is 69.0 Å². The van der Waals surface area contributed by atoms with Crippen molar-refractivity contribution in [2.75, 3.05) is 19.3 Å². The van der Waals surface area contributed by atoms with Crippen LogP contribution in [0.5, 0.6) is 0 Å². The zero-order chi connectivity index (χ0) is 27.3. The van der Waals surface area contributed by atoms with E-state index in [0.717, 1.165) is 36.0 Å². The molecule has 4 nitrogen and oxygen atoms in total. The van der Waals surface area contributed by atoms with Crippen LogP contribution in [0.3, 0.4) is 0 Å². The molecule has 1 unspecified atom stereocenters. The average molecular weight is 577 g/mol. The summed E-state index contributed by atoms with van der Waals surface area (Å²) in [6.07, 6.45) is -5.79. The molecule has 0 aliphatic heterocycles. The predicted molar refractivity (Wildman–Crippen MR) is 124 cm³/mol. The molecule has 0 spiro atoms. The third-order valence-electron chi connectivity index (χ3n) is 4.56. The largest absolute Gasteiger partial charge is 0.405 e.